The molecule has 0 amide bonds. The zero-order valence-corrected chi connectivity index (χ0v) is 10.9. The highest BCUT2D eigenvalue weighted by atomic mass is 32.1. The molecule has 0 saturated heterocycles. The quantitative estimate of drug-likeness (QED) is 0.794. The Morgan fingerprint density at radius 1 is 1.44 bits per heavy atom. The van der Waals surface area contributed by atoms with Gasteiger partial charge in [-0.2, -0.15) is 12.6 Å². The van der Waals surface area contributed by atoms with Crippen LogP contribution in [0.1, 0.15) is 31.2 Å². The standard InChI is InChI=1S/C13H21NOS/c1-14(8-12-4-7-15-9-12)10-13(11-16)5-2-3-6-13/h4,7,9,16H,2-3,5-6,8,10-11H2,1H3. The summed E-state index contributed by atoms with van der Waals surface area (Å²) < 4.78 is 5.10. The first-order valence-electron chi connectivity index (χ1n) is 6.05. The maximum Gasteiger partial charge on any atom is 0.0947 e. The molecule has 90 valence electrons. The Bertz CT molecular complexity index is 304. The molecule has 1 saturated carbocycles. The molecule has 0 unspecified atom stereocenters. The molecule has 1 aliphatic carbocycles. The van der Waals surface area contributed by atoms with E-state index in [1.54, 1.807) is 6.26 Å². The molecule has 1 fully saturated rings. The lowest BCUT2D eigenvalue weighted by Gasteiger charge is -2.32. The minimum atomic E-state index is 0.460. The largest absolute Gasteiger partial charge is 0.472 e. The lowest BCUT2D eigenvalue weighted by Crippen LogP contribution is -2.34. The predicted octanol–water partition coefficient (Wildman–Crippen LogP) is 3.20. The fourth-order valence-electron chi connectivity index (χ4n) is 2.81. The van der Waals surface area contributed by atoms with E-state index in [0.717, 1.165) is 18.8 Å². The highest BCUT2D eigenvalue weighted by Crippen LogP contribution is 2.39. The van der Waals surface area contributed by atoms with Crippen molar-refractivity contribution in [3.8, 4) is 0 Å². The fraction of sp³-hybridized carbons (Fsp3) is 0.692. The molecule has 0 spiro atoms. The Morgan fingerprint density at radius 2 is 2.19 bits per heavy atom. The fourth-order valence-corrected chi connectivity index (χ4v) is 3.23. The Kier molecular flexibility index (Phi) is 3.98. The monoisotopic (exact) mass is 239 g/mol. The summed E-state index contributed by atoms with van der Waals surface area (Å²) in [5.74, 6) is 1.02. The average molecular weight is 239 g/mol. The second-order valence-corrected chi connectivity index (χ2v) is 5.49. The van der Waals surface area contributed by atoms with Gasteiger partial charge in [-0.3, -0.25) is 0 Å². The molecule has 0 N–H and O–H groups in total. The van der Waals surface area contributed by atoms with Gasteiger partial charge in [-0.25, -0.2) is 0 Å². The van der Waals surface area contributed by atoms with Crippen LogP contribution >= 0.6 is 12.6 Å². The highest BCUT2D eigenvalue weighted by molar-refractivity contribution is 7.80. The van der Waals surface area contributed by atoms with E-state index in [0.29, 0.717) is 5.41 Å². The molecule has 0 atom stereocenters. The van der Waals surface area contributed by atoms with Crippen LogP contribution in [0.4, 0.5) is 0 Å². The molecule has 3 heteroatoms. The molecule has 1 aromatic heterocycles. The third-order valence-electron chi connectivity index (χ3n) is 3.64. The molecule has 0 bridgehead atoms. The number of nitrogens with zero attached hydrogens (tertiary/aromatic N) is 1. The van der Waals surface area contributed by atoms with Crippen molar-refractivity contribution in [3.63, 3.8) is 0 Å². The number of rotatable bonds is 5. The first-order chi connectivity index (χ1) is 7.74. The third-order valence-corrected chi connectivity index (χ3v) is 4.31. The van der Waals surface area contributed by atoms with Crippen molar-refractivity contribution in [1.29, 1.82) is 0 Å². The molecule has 1 aliphatic rings. The van der Waals surface area contributed by atoms with Gasteiger partial charge in [0.15, 0.2) is 0 Å². The molecular formula is C13H21NOS. The first kappa shape index (κ1) is 12.1. The van der Waals surface area contributed by atoms with Gasteiger partial charge >= 0.3 is 0 Å². The maximum absolute atomic E-state index is 5.10. The van der Waals surface area contributed by atoms with Gasteiger partial charge < -0.3 is 9.32 Å². The normalized spacial score (nSPS) is 19.4. The summed E-state index contributed by atoms with van der Waals surface area (Å²) in [7, 11) is 2.19. The van der Waals surface area contributed by atoms with Crippen molar-refractivity contribution in [2.24, 2.45) is 5.41 Å². The van der Waals surface area contributed by atoms with E-state index in [2.05, 4.69) is 24.6 Å². The Balaban J connectivity index is 1.88. The van der Waals surface area contributed by atoms with Crippen LogP contribution in [-0.2, 0) is 6.54 Å². The van der Waals surface area contributed by atoms with Crippen LogP contribution in [0.3, 0.4) is 0 Å². The van der Waals surface area contributed by atoms with Crippen LogP contribution in [0, 0.1) is 5.41 Å². The van der Waals surface area contributed by atoms with Gasteiger partial charge in [0.1, 0.15) is 0 Å². The van der Waals surface area contributed by atoms with Crippen LogP contribution in [0.25, 0.3) is 0 Å². The van der Waals surface area contributed by atoms with E-state index >= 15 is 0 Å². The van der Waals surface area contributed by atoms with E-state index in [1.807, 2.05) is 12.3 Å². The van der Waals surface area contributed by atoms with Gasteiger partial charge in [0.05, 0.1) is 12.5 Å². The van der Waals surface area contributed by atoms with Gasteiger partial charge in [0, 0.05) is 18.7 Å². The Labute approximate surface area is 103 Å². The summed E-state index contributed by atoms with van der Waals surface area (Å²) in [6.07, 6.45) is 9.00. The van der Waals surface area contributed by atoms with Crippen molar-refractivity contribution in [1.82, 2.24) is 4.90 Å². The summed E-state index contributed by atoms with van der Waals surface area (Å²) in [5.41, 5.74) is 1.72. The summed E-state index contributed by atoms with van der Waals surface area (Å²) >= 11 is 4.54. The Hall–Kier alpha value is -0.410. The first-order valence-corrected chi connectivity index (χ1v) is 6.68. The summed E-state index contributed by atoms with van der Waals surface area (Å²) in [5, 5.41) is 0. The summed E-state index contributed by atoms with van der Waals surface area (Å²) in [6, 6.07) is 2.04. The Morgan fingerprint density at radius 3 is 2.75 bits per heavy atom. The molecule has 1 aromatic rings. The van der Waals surface area contributed by atoms with E-state index < -0.39 is 0 Å². The molecule has 0 radical (unpaired) electrons. The average Bonchev–Trinajstić information content (AvgIpc) is 2.90. The van der Waals surface area contributed by atoms with Gasteiger partial charge in [-0.1, -0.05) is 12.8 Å². The summed E-state index contributed by atoms with van der Waals surface area (Å²) in [6.45, 7) is 2.13. The second kappa shape index (κ2) is 5.28. The topological polar surface area (TPSA) is 16.4 Å². The zero-order chi connectivity index (χ0) is 11.4. The lowest BCUT2D eigenvalue weighted by molar-refractivity contribution is 0.195. The number of furan rings is 1. The van der Waals surface area contributed by atoms with Crippen LogP contribution in [0.15, 0.2) is 23.0 Å². The molecule has 0 aromatic carbocycles. The molecule has 2 rings (SSSR count). The van der Waals surface area contributed by atoms with E-state index in [1.165, 1.54) is 31.2 Å². The second-order valence-electron chi connectivity index (χ2n) is 5.17. The van der Waals surface area contributed by atoms with Crippen molar-refractivity contribution >= 4 is 12.6 Å². The van der Waals surface area contributed by atoms with Crippen LogP contribution in [-0.4, -0.2) is 24.2 Å². The van der Waals surface area contributed by atoms with E-state index in [-0.39, 0.29) is 0 Å². The van der Waals surface area contributed by atoms with E-state index in [9.17, 15) is 0 Å². The van der Waals surface area contributed by atoms with Crippen molar-refractivity contribution in [3.05, 3.63) is 24.2 Å². The van der Waals surface area contributed by atoms with Crippen LogP contribution in [0.5, 0.6) is 0 Å². The highest BCUT2D eigenvalue weighted by Gasteiger charge is 2.33. The molecule has 0 aliphatic heterocycles. The van der Waals surface area contributed by atoms with Gasteiger partial charge in [-0.15, -0.1) is 0 Å². The van der Waals surface area contributed by atoms with Crippen LogP contribution in [0.2, 0.25) is 0 Å². The lowest BCUT2D eigenvalue weighted by atomic mass is 9.88. The van der Waals surface area contributed by atoms with E-state index in [4.69, 9.17) is 4.42 Å². The number of hydrogen-bond donors (Lipinski definition) is 1. The minimum absolute atomic E-state index is 0.460. The molecular weight excluding hydrogens is 218 g/mol. The smallest absolute Gasteiger partial charge is 0.0947 e. The molecule has 1 heterocycles. The van der Waals surface area contributed by atoms with Crippen molar-refractivity contribution in [2.45, 2.75) is 32.2 Å². The predicted molar refractivity (Wildman–Crippen MR) is 69.8 cm³/mol. The van der Waals surface area contributed by atoms with Gasteiger partial charge in [0.25, 0.3) is 0 Å². The molecule has 2 nitrogen and oxygen atoms in total. The third kappa shape index (κ3) is 2.83. The van der Waals surface area contributed by atoms with Crippen molar-refractivity contribution in [2.75, 3.05) is 19.3 Å². The van der Waals surface area contributed by atoms with Gasteiger partial charge in [0.2, 0.25) is 0 Å². The number of thiol groups is 1. The summed E-state index contributed by atoms with van der Waals surface area (Å²) in [4.78, 5) is 2.40. The molecule has 16 heavy (non-hydrogen) atoms. The maximum atomic E-state index is 5.10. The zero-order valence-electron chi connectivity index (χ0n) is 9.98. The number of hydrogen-bond acceptors (Lipinski definition) is 3. The van der Waals surface area contributed by atoms with Crippen molar-refractivity contribution < 1.29 is 4.42 Å². The van der Waals surface area contributed by atoms with Crippen LogP contribution < -0.4 is 0 Å². The SMILES string of the molecule is CN(Cc1ccoc1)CC1(CS)CCCC1. The van der Waals surface area contributed by atoms with Gasteiger partial charge in [-0.05, 0) is 37.1 Å². The minimum Gasteiger partial charge on any atom is -0.472 e.